The highest BCUT2D eigenvalue weighted by Gasteiger charge is 2.26. The largest absolute Gasteiger partial charge is 0.383 e. The topological polar surface area (TPSA) is 50.6 Å². The number of hydrogen-bond donors (Lipinski definition) is 0. The molecule has 0 aliphatic carbocycles. The zero-order valence-corrected chi connectivity index (χ0v) is 18.3. The molecule has 154 valence electrons. The summed E-state index contributed by atoms with van der Waals surface area (Å²) in [6, 6.07) is 10.1. The number of ether oxygens (including phenoxy) is 1. The van der Waals surface area contributed by atoms with Gasteiger partial charge < -0.3 is 14.5 Å². The van der Waals surface area contributed by atoms with Crippen LogP contribution in [0.2, 0.25) is 0 Å². The lowest BCUT2D eigenvalue weighted by Crippen LogP contribution is -2.36. The first kappa shape index (κ1) is 22.0. The number of nitrogens with zero attached hydrogens (tertiary/aromatic N) is 4. The number of carbonyl (C=O) groups is 1. The smallest absolute Gasteiger partial charge is 0.225 e. The molecule has 0 bridgehead atoms. The maximum Gasteiger partial charge on any atom is 0.225 e. The summed E-state index contributed by atoms with van der Waals surface area (Å²) in [6.07, 6.45) is 0. The third-order valence-corrected chi connectivity index (χ3v) is 4.68. The number of carbonyl (C=O) groups excluding carboxylic acids is 1. The average Bonchev–Trinajstić information content (AvgIpc) is 3.04. The minimum atomic E-state index is -0.0636. The van der Waals surface area contributed by atoms with Gasteiger partial charge in [0, 0.05) is 39.2 Å². The van der Waals surface area contributed by atoms with E-state index in [4.69, 9.17) is 9.84 Å². The Balaban J connectivity index is 2.56. The number of anilines is 1. The second-order valence-corrected chi connectivity index (χ2v) is 7.89. The van der Waals surface area contributed by atoms with Gasteiger partial charge in [0.15, 0.2) is 0 Å². The molecule has 0 spiro atoms. The fourth-order valence-electron chi connectivity index (χ4n) is 3.31. The van der Waals surface area contributed by atoms with Gasteiger partial charge in [0.25, 0.3) is 0 Å². The van der Waals surface area contributed by atoms with Crippen molar-refractivity contribution >= 4 is 11.7 Å². The van der Waals surface area contributed by atoms with Gasteiger partial charge in [0.2, 0.25) is 5.91 Å². The van der Waals surface area contributed by atoms with E-state index in [0.29, 0.717) is 19.7 Å². The number of amides is 1. The van der Waals surface area contributed by atoms with Gasteiger partial charge in [0.1, 0.15) is 5.82 Å². The summed E-state index contributed by atoms with van der Waals surface area (Å²) in [4.78, 5) is 16.8. The van der Waals surface area contributed by atoms with Crippen molar-refractivity contribution in [1.29, 1.82) is 0 Å². The van der Waals surface area contributed by atoms with Crippen LogP contribution in [0.25, 0.3) is 5.69 Å². The zero-order chi connectivity index (χ0) is 20.8. The molecule has 0 radical (unpaired) electrons. The van der Waals surface area contributed by atoms with E-state index in [2.05, 4.69) is 30.9 Å². The number of aromatic nitrogens is 2. The van der Waals surface area contributed by atoms with E-state index in [1.807, 2.05) is 55.7 Å². The van der Waals surface area contributed by atoms with E-state index in [9.17, 15) is 4.79 Å². The van der Waals surface area contributed by atoms with Crippen molar-refractivity contribution in [3.05, 3.63) is 41.6 Å². The molecule has 1 aromatic heterocycles. The first-order chi connectivity index (χ1) is 13.3. The summed E-state index contributed by atoms with van der Waals surface area (Å²) in [5, 5.41) is 4.94. The van der Waals surface area contributed by atoms with Crippen molar-refractivity contribution in [3.8, 4) is 5.69 Å². The van der Waals surface area contributed by atoms with Gasteiger partial charge in [-0.1, -0.05) is 45.9 Å². The summed E-state index contributed by atoms with van der Waals surface area (Å²) in [6.45, 7) is 9.76. The van der Waals surface area contributed by atoms with Crippen molar-refractivity contribution < 1.29 is 9.53 Å². The van der Waals surface area contributed by atoms with Crippen molar-refractivity contribution in [2.24, 2.45) is 5.92 Å². The fraction of sp³-hybridized carbons (Fsp3) is 0.545. The Morgan fingerprint density at radius 3 is 2.29 bits per heavy atom. The Kier molecular flexibility index (Phi) is 7.63. The third-order valence-electron chi connectivity index (χ3n) is 4.68. The van der Waals surface area contributed by atoms with Crippen molar-refractivity contribution in [2.75, 3.05) is 39.3 Å². The van der Waals surface area contributed by atoms with Crippen LogP contribution in [0, 0.1) is 5.92 Å². The van der Waals surface area contributed by atoms with Gasteiger partial charge in [-0.05, 0) is 18.1 Å². The Bertz CT molecular complexity index is 766. The SMILES string of the molecule is COCCN(Cc1c(C(C)C)nn(-c2ccccc2)c1N(C)C)C(=O)C(C)C. The Morgan fingerprint density at radius 2 is 1.79 bits per heavy atom. The molecule has 0 aliphatic rings. The minimum Gasteiger partial charge on any atom is -0.383 e. The van der Waals surface area contributed by atoms with Crippen molar-refractivity contribution in [1.82, 2.24) is 14.7 Å². The van der Waals surface area contributed by atoms with Crippen molar-refractivity contribution in [2.45, 2.75) is 40.2 Å². The Hall–Kier alpha value is -2.34. The minimum absolute atomic E-state index is 0.0636. The number of benzene rings is 1. The van der Waals surface area contributed by atoms with Crippen LogP contribution in [0.1, 0.15) is 44.9 Å². The van der Waals surface area contributed by atoms with E-state index < -0.39 is 0 Å². The van der Waals surface area contributed by atoms with Crippen molar-refractivity contribution in [3.63, 3.8) is 0 Å². The maximum absolute atomic E-state index is 12.8. The molecule has 6 nitrogen and oxygen atoms in total. The summed E-state index contributed by atoms with van der Waals surface area (Å²) >= 11 is 0. The van der Waals surface area contributed by atoms with Crippen LogP contribution >= 0.6 is 0 Å². The maximum atomic E-state index is 12.8. The average molecular weight is 387 g/mol. The highest BCUT2D eigenvalue weighted by atomic mass is 16.5. The molecular formula is C22H34N4O2. The zero-order valence-electron chi connectivity index (χ0n) is 18.3. The van der Waals surface area contributed by atoms with Gasteiger partial charge in [-0.2, -0.15) is 5.10 Å². The Morgan fingerprint density at radius 1 is 1.14 bits per heavy atom. The molecule has 1 amide bonds. The Labute approximate surface area is 169 Å². The van der Waals surface area contributed by atoms with Crippen LogP contribution in [0.4, 0.5) is 5.82 Å². The molecule has 0 aliphatic heterocycles. The molecule has 0 unspecified atom stereocenters. The van der Waals surface area contributed by atoms with E-state index in [1.165, 1.54) is 0 Å². The molecule has 0 saturated carbocycles. The molecule has 2 rings (SSSR count). The van der Waals surface area contributed by atoms with Crippen LogP contribution in [0.15, 0.2) is 30.3 Å². The van der Waals surface area contributed by atoms with Crippen LogP contribution < -0.4 is 4.90 Å². The first-order valence-corrected chi connectivity index (χ1v) is 9.90. The normalized spacial score (nSPS) is 11.3. The number of para-hydroxylation sites is 1. The predicted molar refractivity (Wildman–Crippen MR) is 114 cm³/mol. The van der Waals surface area contributed by atoms with Crippen LogP contribution in [0.5, 0.6) is 0 Å². The quantitative estimate of drug-likeness (QED) is 0.659. The van der Waals surface area contributed by atoms with E-state index in [1.54, 1.807) is 7.11 Å². The lowest BCUT2D eigenvalue weighted by Gasteiger charge is -2.26. The molecule has 0 saturated heterocycles. The van der Waals surface area contributed by atoms with Gasteiger partial charge in [0.05, 0.1) is 24.5 Å². The molecule has 1 aromatic carbocycles. The van der Waals surface area contributed by atoms with Gasteiger partial charge in [-0.15, -0.1) is 0 Å². The fourth-order valence-corrected chi connectivity index (χ4v) is 3.31. The summed E-state index contributed by atoms with van der Waals surface area (Å²) in [5.74, 6) is 1.32. The molecule has 1 heterocycles. The molecule has 0 atom stereocenters. The van der Waals surface area contributed by atoms with Crippen LogP contribution in [-0.2, 0) is 16.1 Å². The van der Waals surface area contributed by atoms with Crippen LogP contribution in [-0.4, -0.2) is 54.9 Å². The standard InChI is InChI=1S/C22H34N4O2/c1-16(2)20-19(15-25(13-14-28-7)22(27)17(3)4)21(24(5)6)26(23-20)18-11-9-8-10-12-18/h8-12,16-17H,13-15H2,1-7H3. The number of rotatable bonds is 9. The van der Waals surface area contributed by atoms with Gasteiger partial charge in [-0.25, -0.2) is 4.68 Å². The van der Waals surface area contributed by atoms with Gasteiger partial charge >= 0.3 is 0 Å². The predicted octanol–water partition coefficient (Wildman–Crippen LogP) is 3.69. The lowest BCUT2D eigenvalue weighted by molar-refractivity contribution is -0.135. The van der Waals surface area contributed by atoms with E-state index in [0.717, 1.165) is 22.8 Å². The molecule has 0 fully saturated rings. The van der Waals surface area contributed by atoms with E-state index >= 15 is 0 Å². The summed E-state index contributed by atoms with van der Waals surface area (Å²) in [5.41, 5.74) is 3.12. The number of hydrogen-bond acceptors (Lipinski definition) is 4. The second-order valence-electron chi connectivity index (χ2n) is 7.89. The molecule has 2 aromatic rings. The monoisotopic (exact) mass is 386 g/mol. The first-order valence-electron chi connectivity index (χ1n) is 9.90. The molecular weight excluding hydrogens is 352 g/mol. The summed E-state index contributed by atoms with van der Waals surface area (Å²) in [7, 11) is 5.71. The second kappa shape index (κ2) is 9.73. The summed E-state index contributed by atoms with van der Waals surface area (Å²) < 4.78 is 7.23. The molecule has 6 heteroatoms. The number of methoxy groups -OCH3 is 1. The van der Waals surface area contributed by atoms with Crippen LogP contribution in [0.3, 0.4) is 0 Å². The van der Waals surface area contributed by atoms with E-state index in [-0.39, 0.29) is 17.7 Å². The third kappa shape index (κ3) is 4.93. The lowest BCUT2D eigenvalue weighted by atomic mass is 10.0. The highest BCUT2D eigenvalue weighted by molar-refractivity contribution is 5.78. The van der Waals surface area contributed by atoms with Gasteiger partial charge in [-0.3, -0.25) is 4.79 Å². The highest BCUT2D eigenvalue weighted by Crippen LogP contribution is 2.31. The molecule has 0 N–H and O–H groups in total. The molecule has 28 heavy (non-hydrogen) atoms.